The van der Waals surface area contributed by atoms with Crippen LogP contribution < -0.4 is 19.5 Å². The minimum absolute atomic E-state index is 0.0264. The summed E-state index contributed by atoms with van der Waals surface area (Å²) in [6.07, 6.45) is 0. The van der Waals surface area contributed by atoms with Crippen LogP contribution in [0.1, 0.15) is 36.6 Å². The van der Waals surface area contributed by atoms with E-state index in [9.17, 15) is 4.79 Å². The molecule has 1 amide bonds. The molecule has 1 N–H and O–H groups in total. The largest absolute Gasteiger partial charge is 0.493 e. The van der Waals surface area contributed by atoms with Crippen molar-refractivity contribution in [2.75, 3.05) is 20.3 Å². The monoisotopic (exact) mass is 357 g/mol. The maximum Gasteiger partial charge on any atom is 0.258 e. The molecule has 0 aliphatic heterocycles. The molecule has 0 aliphatic carbocycles. The first-order valence-electron chi connectivity index (χ1n) is 8.74. The highest BCUT2D eigenvalue weighted by molar-refractivity contribution is 5.78. The van der Waals surface area contributed by atoms with Crippen molar-refractivity contribution in [2.24, 2.45) is 0 Å². The van der Waals surface area contributed by atoms with E-state index in [1.165, 1.54) is 0 Å². The highest BCUT2D eigenvalue weighted by Crippen LogP contribution is 2.30. The van der Waals surface area contributed by atoms with Gasteiger partial charge in [-0.3, -0.25) is 4.79 Å². The van der Waals surface area contributed by atoms with Gasteiger partial charge < -0.3 is 19.5 Å². The first-order valence-corrected chi connectivity index (χ1v) is 8.74. The van der Waals surface area contributed by atoms with E-state index in [4.69, 9.17) is 14.2 Å². The number of rotatable bonds is 8. The molecule has 0 bridgehead atoms. The Morgan fingerprint density at radius 3 is 2.35 bits per heavy atom. The summed E-state index contributed by atoms with van der Waals surface area (Å²) in [5.41, 5.74) is 3.15. The molecule has 0 aliphatic rings. The number of ether oxygens (including phenoxy) is 3. The van der Waals surface area contributed by atoms with Crippen LogP contribution in [0.5, 0.6) is 17.2 Å². The molecular formula is C21H27NO4. The fourth-order valence-corrected chi connectivity index (χ4v) is 2.76. The fourth-order valence-electron chi connectivity index (χ4n) is 2.76. The number of carbonyl (C=O) groups is 1. The number of aryl methyl sites for hydroxylation is 2. The summed E-state index contributed by atoms with van der Waals surface area (Å²) in [6, 6.07) is 11.4. The van der Waals surface area contributed by atoms with Crippen molar-refractivity contribution in [3.05, 3.63) is 53.1 Å². The number of carbonyl (C=O) groups excluding carboxylic acids is 1. The Labute approximate surface area is 155 Å². The SMILES string of the molecule is CCOc1ccc(C(C)NC(=O)COc2cc(C)cc(C)c2)cc1OC. The Morgan fingerprint density at radius 1 is 1.04 bits per heavy atom. The lowest BCUT2D eigenvalue weighted by atomic mass is 10.1. The zero-order chi connectivity index (χ0) is 19.1. The Bertz CT molecular complexity index is 737. The number of benzene rings is 2. The number of amides is 1. The molecule has 5 nitrogen and oxygen atoms in total. The average molecular weight is 357 g/mol. The number of hydrogen-bond acceptors (Lipinski definition) is 4. The topological polar surface area (TPSA) is 56.8 Å². The van der Waals surface area contributed by atoms with Crippen LogP contribution in [0.4, 0.5) is 0 Å². The third-order valence-electron chi connectivity index (χ3n) is 3.93. The van der Waals surface area contributed by atoms with Crippen LogP contribution in [-0.2, 0) is 4.79 Å². The van der Waals surface area contributed by atoms with E-state index in [1.807, 2.05) is 58.0 Å². The van der Waals surface area contributed by atoms with Crippen LogP contribution in [0.2, 0.25) is 0 Å². The first kappa shape index (κ1) is 19.6. The molecule has 1 atom stereocenters. The predicted octanol–water partition coefficient (Wildman–Crippen LogP) is 3.97. The van der Waals surface area contributed by atoms with Crippen molar-refractivity contribution < 1.29 is 19.0 Å². The second kappa shape index (κ2) is 9.13. The van der Waals surface area contributed by atoms with Gasteiger partial charge in [0.1, 0.15) is 5.75 Å². The molecule has 26 heavy (non-hydrogen) atoms. The standard InChI is InChI=1S/C21H27NO4/c1-6-25-19-8-7-17(12-20(19)24-5)16(4)22-21(23)13-26-18-10-14(2)9-15(3)11-18/h7-12,16H,6,13H2,1-5H3,(H,22,23). The van der Waals surface area contributed by atoms with E-state index in [0.717, 1.165) is 16.7 Å². The maximum atomic E-state index is 12.2. The van der Waals surface area contributed by atoms with Crippen molar-refractivity contribution in [3.8, 4) is 17.2 Å². The van der Waals surface area contributed by atoms with E-state index in [1.54, 1.807) is 7.11 Å². The predicted molar refractivity (Wildman–Crippen MR) is 102 cm³/mol. The average Bonchev–Trinajstić information content (AvgIpc) is 2.59. The zero-order valence-corrected chi connectivity index (χ0v) is 16.1. The molecule has 2 aromatic rings. The Hall–Kier alpha value is -2.69. The van der Waals surface area contributed by atoms with Crippen molar-refractivity contribution >= 4 is 5.91 Å². The molecule has 0 saturated carbocycles. The summed E-state index contributed by atoms with van der Waals surface area (Å²) >= 11 is 0. The molecular weight excluding hydrogens is 330 g/mol. The molecule has 1 unspecified atom stereocenters. The maximum absolute atomic E-state index is 12.2. The van der Waals surface area contributed by atoms with Crippen molar-refractivity contribution in [3.63, 3.8) is 0 Å². The quantitative estimate of drug-likeness (QED) is 0.777. The van der Waals surface area contributed by atoms with Crippen LogP contribution in [0.3, 0.4) is 0 Å². The number of hydrogen-bond donors (Lipinski definition) is 1. The van der Waals surface area contributed by atoms with Crippen LogP contribution in [-0.4, -0.2) is 26.2 Å². The molecule has 0 fully saturated rings. The molecule has 2 aromatic carbocycles. The van der Waals surface area contributed by atoms with Crippen molar-refractivity contribution in [2.45, 2.75) is 33.7 Å². The third-order valence-corrected chi connectivity index (χ3v) is 3.93. The Morgan fingerprint density at radius 2 is 1.73 bits per heavy atom. The highest BCUT2D eigenvalue weighted by atomic mass is 16.5. The molecule has 0 heterocycles. The number of methoxy groups -OCH3 is 1. The van der Waals surface area contributed by atoms with Crippen molar-refractivity contribution in [1.29, 1.82) is 0 Å². The van der Waals surface area contributed by atoms with Gasteiger partial charge in [0.15, 0.2) is 18.1 Å². The van der Waals surface area contributed by atoms with Gasteiger partial charge in [0, 0.05) is 0 Å². The lowest BCUT2D eigenvalue weighted by Gasteiger charge is -2.17. The lowest BCUT2D eigenvalue weighted by Crippen LogP contribution is -2.31. The van der Waals surface area contributed by atoms with Gasteiger partial charge in [-0.25, -0.2) is 0 Å². The van der Waals surface area contributed by atoms with E-state index in [-0.39, 0.29) is 18.6 Å². The third kappa shape index (κ3) is 5.41. The van der Waals surface area contributed by atoms with Gasteiger partial charge in [-0.15, -0.1) is 0 Å². The van der Waals surface area contributed by atoms with Gasteiger partial charge in [-0.1, -0.05) is 12.1 Å². The van der Waals surface area contributed by atoms with E-state index >= 15 is 0 Å². The van der Waals surface area contributed by atoms with Gasteiger partial charge in [0.25, 0.3) is 5.91 Å². The normalized spacial score (nSPS) is 11.6. The first-order chi connectivity index (χ1) is 12.4. The molecule has 0 spiro atoms. The van der Waals surface area contributed by atoms with Gasteiger partial charge in [-0.05, 0) is 68.7 Å². The minimum atomic E-state index is -0.176. The summed E-state index contributed by atoms with van der Waals surface area (Å²) in [6.45, 7) is 8.39. The summed E-state index contributed by atoms with van der Waals surface area (Å²) in [7, 11) is 1.60. The Kier molecular flexibility index (Phi) is 6.89. The molecule has 0 aromatic heterocycles. The van der Waals surface area contributed by atoms with E-state index in [0.29, 0.717) is 23.9 Å². The van der Waals surface area contributed by atoms with E-state index < -0.39 is 0 Å². The number of nitrogens with one attached hydrogen (secondary N) is 1. The van der Waals surface area contributed by atoms with Crippen LogP contribution in [0, 0.1) is 13.8 Å². The van der Waals surface area contributed by atoms with Gasteiger partial charge >= 0.3 is 0 Å². The van der Waals surface area contributed by atoms with Crippen LogP contribution in [0.15, 0.2) is 36.4 Å². The van der Waals surface area contributed by atoms with E-state index in [2.05, 4.69) is 11.4 Å². The minimum Gasteiger partial charge on any atom is -0.493 e. The summed E-state index contributed by atoms with van der Waals surface area (Å²) in [5.74, 6) is 1.87. The molecule has 0 saturated heterocycles. The van der Waals surface area contributed by atoms with Crippen LogP contribution >= 0.6 is 0 Å². The Balaban J connectivity index is 1.95. The molecule has 2 rings (SSSR count). The second-order valence-corrected chi connectivity index (χ2v) is 6.24. The van der Waals surface area contributed by atoms with Crippen LogP contribution in [0.25, 0.3) is 0 Å². The molecule has 0 radical (unpaired) electrons. The summed E-state index contributed by atoms with van der Waals surface area (Å²) < 4.78 is 16.5. The second-order valence-electron chi connectivity index (χ2n) is 6.24. The smallest absolute Gasteiger partial charge is 0.258 e. The fraction of sp³-hybridized carbons (Fsp3) is 0.381. The zero-order valence-electron chi connectivity index (χ0n) is 16.1. The molecule has 140 valence electrons. The summed E-state index contributed by atoms with van der Waals surface area (Å²) in [5, 5.41) is 2.94. The van der Waals surface area contributed by atoms with Gasteiger partial charge in [-0.2, -0.15) is 0 Å². The summed E-state index contributed by atoms with van der Waals surface area (Å²) in [4.78, 5) is 12.2. The lowest BCUT2D eigenvalue weighted by molar-refractivity contribution is -0.123. The van der Waals surface area contributed by atoms with Crippen molar-refractivity contribution in [1.82, 2.24) is 5.32 Å². The van der Waals surface area contributed by atoms with Gasteiger partial charge in [0.2, 0.25) is 0 Å². The molecule has 5 heteroatoms. The highest BCUT2D eigenvalue weighted by Gasteiger charge is 2.13. The van der Waals surface area contributed by atoms with Gasteiger partial charge in [0.05, 0.1) is 19.8 Å².